The molecule has 0 aromatic carbocycles. The van der Waals surface area contributed by atoms with Crippen molar-refractivity contribution < 1.29 is 14.3 Å². The summed E-state index contributed by atoms with van der Waals surface area (Å²) in [6, 6.07) is -0.109. The maximum Gasteiger partial charge on any atom is 0.407 e. The molecule has 0 aliphatic rings. The summed E-state index contributed by atoms with van der Waals surface area (Å²) in [6.45, 7) is 11.5. The lowest BCUT2D eigenvalue weighted by atomic mass is 10.2. The van der Waals surface area contributed by atoms with Crippen LogP contribution in [-0.2, 0) is 9.53 Å². The van der Waals surface area contributed by atoms with Gasteiger partial charge in [0.25, 0.3) is 0 Å². The zero-order chi connectivity index (χ0) is 14.3. The van der Waals surface area contributed by atoms with Gasteiger partial charge in [-0.05, 0) is 27.2 Å². The van der Waals surface area contributed by atoms with E-state index < -0.39 is 11.7 Å². The molecule has 0 heterocycles. The van der Waals surface area contributed by atoms with Crippen LogP contribution in [0.3, 0.4) is 0 Å². The second kappa shape index (κ2) is 7.24. The molecule has 18 heavy (non-hydrogen) atoms. The minimum absolute atomic E-state index is 0.0144. The molecule has 5 nitrogen and oxygen atoms in total. The number of hydrogen-bond acceptors (Lipinski definition) is 3. The second-order valence-corrected chi connectivity index (χ2v) is 5.65. The SMILES string of the molecule is CCC(CNC(=O)C(C)C)NC(=O)OC(C)(C)C. The fourth-order valence-electron chi connectivity index (χ4n) is 1.20. The van der Waals surface area contributed by atoms with E-state index in [0.29, 0.717) is 6.54 Å². The van der Waals surface area contributed by atoms with Crippen LogP contribution in [0, 0.1) is 5.92 Å². The largest absolute Gasteiger partial charge is 0.444 e. The average molecular weight is 258 g/mol. The van der Waals surface area contributed by atoms with E-state index in [1.807, 2.05) is 41.5 Å². The second-order valence-electron chi connectivity index (χ2n) is 5.65. The average Bonchev–Trinajstić information content (AvgIpc) is 2.20. The van der Waals surface area contributed by atoms with Crippen LogP contribution in [0.25, 0.3) is 0 Å². The van der Waals surface area contributed by atoms with Crippen molar-refractivity contribution >= 4 is 12.0 Å². The molecule has 1 unspecified atom stereocenters. The van der Waals surface area contributed by atoms with Crippen molar-refractivity contribution in [1.82, 2.24) is 10.6 Å². The summed E-state index contributed by atoms with van der Waals surface area (Å²) in [4.78, 5) is 23.0. The molecule has 0 saturated heterocycles. The summed E-state index contributed by atoms with van der Waals surface area (Å²) in [7, 11) is 0. The summed E-state index contributed by atoms with van der Waals surface area (Å²) in [6.07, 6.45) is 0.283. The molecule has 0 spiro atoms. The highest BCUT2D eigenvalue weighted by atomic mass is 16.6. The van der Waals surface area contributed by atoms with Crippen molar-refractivity contribution in [3.05, 3.63) is 0 Å². The molecule has 0 rings (SSSR count). The number of rotatable bonds is 5. The van der Waals surface area contributed by atoms with Crippen LogP contribution in [0.1, 0.15) is 48.0 Å². The van der Waals surface area contributed by atoms with Gasteiger partial charge in [-0.25, -0.2) is 4.79 Å². The molecule has 0 aliphatic heterocycles. The molecule has 2 N–H and O–H groups in total. The van der Waals surface area contributed by atoms with Gasteiger partial charge in [0.1, 0.15) is 5.60 Å². The molecule has 0 radical (unpaired) electrons. The Morgan fingerprint density at radius 3 is 2.17 bits per heavy atom. The Morgan fingerprint density at radius 2 is 1.78 bits per heavy atom. The number of amides is 2. The van der Waals surface area contributed by atoms with Crippen LogP contribution < -0.4 is 10.6 Å². The lowest BCUT2D eigenvalue weighted by molar-refractivity contribution is -0.124. The zero-order valence-electron chi connectivity index (χ0n) is 12.3. The molecule has 0 aliphatic carbocycles. The van der Waals surface area contributed by atoms with Crippen molar-refractivity contribution in [3.8, 4) is 0 Å². The molecule has 1 atom stereocenters. The molecule has 106 valence electrons. The number of carbonyl (C=O) groups excluding carboxylic acids is 2. The summed E-state index contributed by atoms with van der Waals surface area (Å²) >= 11 is 0. The highest BCUT2D eigenvalue weighted by Gasteiger charge is 2.19. The van der Waals surface area contributed by atoms with E-state index >= 15 is 0 Å². The fourth-order valence-corrected chi connectivity index (χ4v) is 1.20. The Bertz CT molecular complexity index is 282. The van der Waals surface area contributed by atoms with Crippen LogP contribution in [0.4, 0.5) is 4.79 Å². The molecule has 0 bridgehead atoms. The smallest absolute Gasteiger partial charge is 0.407 e. The van der Waals surface area contributed by atoms with Crippen LogP contribution in [0.5, 0.6) is 0 Å². The van der Waals surface area contributed by atoms with Gasteiger partial charge in [-0.2, -0.15) is 0 Å². The topological polar surface area (TPSA) is 67.4 Å². The predicted molar refractivity (Wildman–Crippen MR) is 71.3 cm³/mol. The van der Waals surface area contributed by atoms with E-state index in [9.17, 15) is 9.59 Å². The Labute approximate surface area is 110 Å². The van der Waals surface area contributed by atoms with E-state index in [4.69, 9.17) is 4.74 Å². The van der Waals surface area contributed by atoms with E-state index in [1.165, 1.54) is 0 Å². The van der Waals surface area contributed by atoms with Crippen molar-refractivity contribution in [1.29, 1.82) is 0 Å². The Balaban J connectivity index is 4.12. The Morgan fingerprint density at radius 1 is 1.22 bits per heavy atom. The molecule has 0 fully saturated rings. The summed E-state index contributed by atoms with van der Waals surface area (Å²) < 4.78 is 5.16. The standard InChI is InChI=1S/C13H26N2O3/c1-7-10(8-14-11(16)9(2)3)15-12(17)18-13(4,5)6/h9-10H,7-8H2,1-6H3,(H,14,16)(H,15,17). The fraction of sp³-hybridized carbons (Fsp3) is 0.846. The van der Waals surface area contributed by atoms with Gasteiger partial charge in [-0.15, -0.1) is 0 Å². The Kier molecular flexibility index (Phi) is 6.73. The molecule has 5 heteroatoms. The maximum atomic E-state index is 11.6. The molecule has 2 amide bonds. The number of nitrogens with one attached hydrogen (secondary N) is 2. The molecule has 0 aromatic rings. The van der Waals surface area contributed by atoms with Crippen LogP contribution in [0.2, 0.25) is 0 Å². The minimum atomic E-state index is -0.510. The number of ether oxygens (including phenoxy) is 1. The van der Waals surface area contributed by atoms with Crippen LogP contribution in [0.15, 0.2) is 0 Å². The summed E-state index contributed by atoms with van der Waals surface area (Å²) in [5.74, 6) is -0.0662. The van der Waals surface area contributed by atoms with E-state index in [-0.39, 0.29) is 17.9 Å². The quantitative estimate of drug-likeness (QED) is 0.793. The van der Waals surface area contributed by atoms with E-state index in [0.717, 1.165) is 6.42 Å². The van der Waals surface area contributed by atoms with Crippen molar-refractivity contribution in [3.63, 3.8) is 0 Å². The van der Waals surface area contributed by atoms with Gasteiger partial charge < -0.3 is 15.4 Å². The zero-order valence-corrected chi connectivity index (χ0v) is 12.3. The molecule has 0 aromatic heterocycles. The summed E-state index contributed by atoms with van der Waals surface area (Å²) in [5.41, 5.74) is -0.510. The Hall–Kier alpha value is -1.26. The minimum Gasteiger partial charge on any atom is -0.444 e. The predicted octanol–water partition coefficient (Wildman–Crippen LogP) is 2.06. The maximum absolute atomic E-state index is 11.6. The number of alkyl carbamates (subject to hydrolysis) is 1. The van der Waals surface area contributed by atoms with Crippen LogP contribution in [-0.4, -0.2) is 30.2 Å². The van der Waals surface area contributed by atoms with Gasteiger partial charge in [-0.3, -0.25) is 4.79 Å². The monoisotopic (exact) mass is 258 g/mol. The first-order chi connectivity index (χ1) is 8.15. The van der Waals surface area contributed by atoms with Crippen molar-refractivity contribution in [2.45, 2.75) is 59.6 Å². The normalized spacial score (nSPS) is 13.1. The van der Waals surface area contributed by atoms with Crippen molar-refractivity contribution in [2.75, 3.05) is 6.54 Å². The first-order valence-corrected chi connectivity index (χ1v) is 6.43. The highest BCUT2D eigenvalue weighted by Crippen LogP contribution is 2.07. The first-order valence-electron chi connectivity index (χ1n) is 6.43. The van der Waals surface area contributed by atoms with Gasteiger partial charge in [0, 0.05) is 18.5 Å². The van der Waals surface area contributed by atoms with E-state index in [2.05, 4.69) is 10.6 Å². The first kappa shape index (κ1) is 16.7. The highest BCUT2D eigenvalue weighted by molar-refractivity contribution is 5.78. The molecular formula is C13H26N2O3. The van der Waals surface area contributed by atoms with Gasteiger partial charge in [0.15, 0.2) is 0 Å². The van der Waals surface area contributed by atoms with Gasteiger partial charge in [0.05, 0.1) is 0 Å². The van der Waals surface area contributed by atoms with Gasteiger partial charge in [-0.1, -0.05) is 20.8 Å². The summed E-state index contributed by atoms with van der Waals surface area (Å²) in [5, 5.41) is 5.53. The molecular weight excluding hydrogens is 232 g/mol. The molecule has 0 saturated carbocycles. The third-order valence-corrected chi connectivity index (χ3v) is 2.26. The van der Waals surface area contributed by atoms with Gasteiger partial charge >= 0.3 is 6.09 Å². The lowest BCUT2D eigenvalue weighted by Crippen LogP contribution is -2.45. The van der Waals surface area contributed by atoms with Crippen LogP contribution >= 0.6 is 0 Å². The van der Waals surface area contributed by atoms with E-state index in [1.54, 1.807) is 0 Å². The van der Waals surface area contributed by atoms with Gasteiger partial charge in [0.2, 0.25) is 5.91 Å². The number of hydrogen-bond donors (Lipinski definition) is 2. The third-order valence-electron chi connectivity index (χ3n) is 2.26. The number of carbonyl (C=O) groups is 2. The van der Waals surface area contributed by atoms with Crippen molar-refractivity contribution in [2.24, 2.45) is 5.92 Å². The lowest BCUT2D eigenvalue weighted by Gasteiger charge is -2.23. The third kappa shape index (κ3) is 7.92.